The summed E-state index contributed by atoms with van der Waals surface area (Å²) in [5.74, 6) is -0.729. The number of carbonyl (C=O) groups is 2. The number of nitrogens with one attached hydrogen (secondary N) is 2. The van der Waals surface area contributed by atoms with E-state index in [4.69, 9.17) is 0 Å². The van der Waals surface area contributed by atoms with Crippen LogP contribution < -0.4 is 10.6 Å². The molecular formula is C19H22N2O4S. The molecule has 1 unspecified atom stereocenters. The van der Waals surface area contributed by atoms with E-state index in [1.807, 2.05) is 12.1 Å². The van der Waals surface area contributed by atoms with Gasteiger partial charge < -0.3 is 10.6 Å². The van der Waals surface area contributed by atoms with E-state index < -0.39 is 9.84 Å². The lowest BCUT2D eigenvalue weighted by molar-refractivity contribution is -0.121. The van der Waals surface area contributed by atoms with Crippen molar-refractivity contribution < 1.29 is 18.0 Å². The first kappa shape index (κ1) is 19.7. The summed E-state index contributed by atoms with van der Waals surface area (Å²) in [5.41, 5.74) is 1.98. The van der Waals surface area contributed by atoms with Crippen molar-refractivity contribution in [1.29, 1.82) is 0 Å². The van der Waals surface area contributed by atoms with Crippen LogP contribution in [0.4, 0.5) is 5.69 Å². The molecule has 138 valence electrons. The maximum absolute atomic E-state index is 12.2. The fraction of sp³-hybridized carbons (Fsp3) is 0.263. The average molecular weight is 374 g/mol. The standard InChI is InChI=1S/C19H22N2O4S/c1-14(20-18(22)11-12-26(2,24)25)16-9-6-10-17(13-16)21-19(23)15-7-4-3-5-8-15/h3-10,13-14H,11-12H2,1-2H3,(H,20,22)(H,21,23). The van der Waals surface area contributed by atoms with Crippen LogP contribution in [0.3, 0.4) is 0 Å². The van der Waals surface area contributed by atoms with E-state index in [-0.39, 0.29) is 30.0 Å². The molecule has 0 fully saturated rings. The maximum atomic E-state index is 12.2. The molecule has 0 saturated heterocycles. The van der Waals surface area contributed by atoms with E-state index in [1.165, 1.54) is 0 Å². The summed E-state index contributed by atoms with van der Waals surface area (Å²) in [4.78, 5) is 24.1. The number of carbonyl (C=O) groups excluding carboxylic acids is 2. The first-order chi connectivity index (χ1) is 12.2. The highest BCUT2D eigenvalue weighted by Gasteiger charge is 2.13. The van der Waals surface area contributed by atoms with E-state index in [2.05, 4.69) is 10.6 Å². The Balaban J connectivity index is 1.99. The highest BCUT2D eigenvalue weighted by atomic mass is 32.2. The highest BCUT2D eigenvalue weighted by Crippen LogP contribution is 2.18. The van der Waals surface area contributed by atoms with E-state index >= 15 is 0 Å². The predicted octanol–water partition coefficient (Wildman–Crippen LogP) is 2.55. The minimum absolute atomic E-state index is 0.0758. The van der Waals surface area contributed by atoms with Gasteiger partial charge in [-0.1, -0.05) is 30.3 Å². The van der Waals surface area contributed by atoms with E-state index in [1.54, 1.807) is 49.4 Å². The van der Waals surface area contributed by atoms with Crippen LogP contribution in [-0.4, -0.2) is 32.2 Å². The molecule has 7 heteroatoms. The topological polar surface area (TPSA) is 92.3 Å². The summed E-state index contributed by atoms with van der Waals surface area (Å²) in [6, 6.07) is 15.7. The van der Waals surface area contributed by atoms with Crippen molar-refractivity contribution in [3.8, 4) is 0 Å². The quantitative estimate of drug-likeness (QED) is 0.779. The van der Waals surface area contributed by atoms with E-state index in [0.29, 0.717) is 11.3 Å². The van der Waals surface area contributed by atoms with Gasteiger partial charge in [0.15, 0.2) is 0 Å². The van der Waals surface area contributed by atoms with Crippen LogP contribution in [0.25, 0.3) is 0 Å². The largest absolute Gasteiger partial charge is 0.350 e. The summed E-state index contributed by atoms with van der Waals surface area (Å²) in [6.07, 6.45) is 1.02. The van der Waals surface area contributed by atoms with Gasteiger partial charge >= 0.3 is 0 Å². The normalized spacial score (nSPS) is 12.2. The zero-order chi connectivity index (χ0) is 19.2. The minimum Gasteiger partial charge on any atom is -0.350 e. The van der Waals surface area contributed by atoms with Gasteiger partial charge in [-0.3, -0.25) is 9.59 Å². The lowest BCUT2D eigenvalue weighted by Gasteiger charge is -2.15. The van der Waals surface area contributed by atoms with Crippen molar-refractivity contribution in [2.24, 2.45) is 0 Å². The second-order valence-corrected chi connectivity index (χ2v) is 8.37. The van der Waals surface area contributed by atoms with E-state index in [0.717, 1.165) is 11.8 Å². The molecule has 0 bridgehead atoms. The third-order valence-corrected chi connectivity index (χ3v) is 4.70. The molecule has 2 amide bonds. The van der Waals surface area contributed by atoms with Crippen molar-refractivity contribution in [3.63, 3.8) is 0 Å². The number of amides is 2. The van der Waals surface area contributed by atoms with Crippen LogP contribution in [0.5, 0.6) is 0 Å². The Kier molecular flexibility index (Phi) is 6.52. The van der Waals surface area contributed by atoms with Gasteiger partial charge in [-0.05, 0) is 36.8 Å². The van der Waals surface area contributed by atoms with Crippen molar-refractivity contribution >= 4 is 27.3 Å². The molecule has 0 aliphatic heterocycles. The Labute approximate surface area is 153 Å². The molecule has 0 aliphatic rings. The van der Waals surface area contributed by atoms with Crippen LogP contribution in [0.1, 0.15) is 35.3 Å². The first-order valence-corrected chi connectivity index (χ1v) is 10.2. The minimum atomic E-state index is -3.17. The van der Waals surface area contributed by atoms with Gasteiger partial charge in [-0.25, -0.2) is 8.42 Å². The fourth-order valence-corrected chi connectivity index (χ4v) is 2.91. The molecule has 26 heavy (non-hydrogen) atoms. The maximum Gasteiger partial charge on any atom is 0.255 e. The second kappa shape index (κ2) is 8.62. The summed E-state index contributed by atoms with van der Waals surface area (Å²) >= 11 is 0. The summed E-state index contributed by atoms with van der Waals surface area (Å²) in [7, 11) is -3.17. The highest BCUT2D eigenvalue weighted by molar-refractivity contribution is 7.90. The third kappa shape index (κ3) is 6.33. The Morgan fingerprint density at radius 2 is 1.73 bits per heavy atom. The lowest BCUT2D eigenvalue weighted by Crippen LogP contribution is -2.28. The van der Waals surface area contributed by atoms with Crippen LogP contribution in [0.2, 0.25) is 0 Å². The van der Waals surface area contributed by atoms with Crippen molar-refractivity contribution in [3.05, 3.63) is 65.7 Å². The Bertz CT molecular complexity index is 879. The summed E-state index contributed by atoms with van der Waals surface area (Å²) < 4.78 is 22.3. The Hall–Kier alpha value is -2.67. The SMILES string of the molecule is CC(NC(=O)CCS(C)(=O)=O)c1cccc(NC(=O)c2ccccc2)c1. The van der Waals surface area contributed by atoms with E-state index in [9.17, 15) is 18.0 Å². The number of benzene rings is 2. The van der Waals surface area contributed by atoms with Crippen LogP contribution in [0, 0.1) is 0 Å². The van der Waals surface area contributed by atoms with Gasteiger partial charge in [0, 0.05) is 23.9 Å². The lowest BCUT2D eigenvalue weighted by atomic mass is 10.1. The Morgan fingerprint density at radius 3 is 2.38 bits per heavy atom. The second-order valence-electron chi connectivity index (χ2n) is 6.11. The number of sulfone groups is 1. The zero-order valence-corrected chi connectivity index (χ0v) is 15.5. The van der Waals surface area contributed by atoms with Gasteiger partial charge in [0.2, 0.25) is 5.91 Å². The molecule has 0 aliphatic carbocycles. The van der Waals surface area contributed by atoms with Gasteiger partial charge in [0.05, 0.1) is 11.8 Å². The molecular weight excluding hydrogens is 352 g/mol. The molecule has 0 heterocycles. The first-order valence-electron chi connectivity index (χ1n) is 8.18. The van der Waals surface area contributed by atoms with Crippen molar-refractivity contribution in [2.45, 2.75) is 19.4 Å². The molecule has 0 radical (unpaired) electrons. The number of hydrogen-bond acceptors (Lipinski definition) is 4. The van der Waals surface area contributed by atoms with Gasteiger partial charge in [0.25, 0.3) is 5.91 Å². The van der Waals surface area contributed by atoms with Crippen LogP contribution in [-0.2, 0) is 14.6 Å². The summed E-state index contributed by atoms with van der Waals surface area (Å²) in [6.45, 7) is 1.80. The summed E-state index contributed by atoms with van der Waals surface area (Å²) in [5, 5.41) is 5.59. The van der Waals surface area contributed by atoms with Gasteiger partial charge in [-0.15, -0.1) is 0 Å². The molecule has 2 rings (SSSR count). The van der Waals surface area contributed by atoms with Crippen molar-refractivity contribution in [2.75, 3.05) is 17.3 Å². The molecule has 0 spiro atoms. The molecule has 2 N–H and O–H groups in total. The van der Waals surface area contributed by atoms with Crippen LogP contribution >= 0.6 is 0 Å². The third-order valence-electron chi connectivity index (χ3n) is 3.76. The molecule has 2 aromatic rings. The number of rotatable bonds is 7. The molecule has 6 nitrogen and oxygen atoms in total. The monoisotopic (exact) mass is 374 g/mol. The molecule has 1 atom stereocenters. The molecule has 0 saturated carbocycles. The van der Waals surface area contributed by atoms with Gasteiger partial charge in [0.1, 0.15) is 9.84 Å². The number of hydrogen-bond donors (Lipinski definition) is 2. The molecule has 0 aromatic heterocycles. The average Bonchev–Trinajstić information content (AvgIpc) is 2.60. The van der Waals surface area contributed by atoms with Crippen molar-refractivity contribution in [1.82, 2.24) is 5.32 Å². The smallest absolute Gasteiger partial charge is 0.255 e. The predicted molar refractivity (Wildman–Crippen MR) is 102 cm³/mol. The Morgan fingerprint density at radius 1 is 1.04 bits per heavy atom. The molecule has 2 aromatic carbocycles. The fourth-order valence-electron chi connectivity index (χ4n) is 2.35. The van der Waals surface area contributed by atoms with Crippen LogP contribution in [0.15, 0.2) is 54.6 Å². The zero-order valence-electron chi connectivity index (χ0n) is 14.7. The van der Waals surface area contributed by atoms with Gasteiger partial charge in [-0.2, -0.15) is 0 Å². The number of anilines is 1.